The summed E-state index contributed by atoms with van der Waals surface area (Å²) in [5.41, 5.74) is 2.97. The molecule has 5 rings (SSSR count). The molecule has 0 bridgehead atoms. The van der Waals surface area contributed by atoms with Crippen molar-refractivity contribution in [2.45, 2.75) is 20.5 Å². The van der Waals surface area contributed by atoms with Crippen LogP contribution in [0.1, 0.15) is 22.3 Å². The SMILES string of the molecule is Cc1cccc(N2C(=O)NC(=O)/C(=C\c3c(OCc4ccc([N+](=O)[O-])cc4)ccc4ccccc34)C2=O)c1C. The Morgan fingerprint density at radius 3 is 2.41 bits per heavy atom. The molecule has 194 valence electrons. The van der Waals surface area contributed by atoms with E-state index in [1.165, 1.54) is 18.2 Å². The number of aryl methyl sites for hydroxylation is 1. The average molecular weight is 522 g/mol. The molecule has 1 heterocycles. The Morgan fingerprint density at radius 1 is 0.923 bits per heavy atom. The number of rotatable bonds is 6. The summed E-state index contributed by atoms with van der Waals surface area (Å²) in [5, 5.41) is 14.8. The van der Waals surface area contributed by atoms with Crippen molar-refractivity contribution in [1.29, 1.82) is 0 Å². The number of nitro benzene ring substituents is 1. The molecule has 0 atom stereocenters. The summed E-state index contributed by atoms with van der Waals surface area (Å²) in [6.45, 7) is 3.78. The number of carbonyl (C=O) groups excluding carboxylic acids is 3. The molecule has 9 heteroatoms. The lowest BCUT2D eigenvalue weighted by Crippen LogP contribution is -2.54. The lowest BCUT2D eigenvalue weighted by Gasteiger charge is -2.28. The molecular formula is C30H23N3O6. The largest absolute Gasteiger partial charge is 0.488 e. The van der Waals surface area contributed by atoms with Crippen molar-refractivity contribution in [2.24, 2.45) is 0 Å². The molecule has 4 amide bonds. The van der Waals surface area contributed by atoms with Crippen molar-refractivity contribution in [2.75, 3.05) is 4.90 Å². The highest BCUT2D eigenvalue weighted by atomic mass is 16.6. The maximum Gasteiger partial charge on any atom is 0.335 e. The van der Waals surface area contributed by atoms with E-state index in [9.17, 15) is 24.5 Å². The Labute approximate surface area is 223 Å². The van der Waals surface area contributed by atoms with E-state index in [-0.39, 0.29) is 17.9 Å². The predicted octanol–water partition coefficient (Wildman–Crippen LogP) is 5.61. The smallest absolute Gasteiger partial charge is 0.335 e. The molecule has 1 N–H and O–H groups in total. The third-order valence-electron chi connectivity index (χ3n) is 6.68. The molecule has 0 aromatic heterocycles. The summed E-state index contributed by atoms with van der Waals surface area (Å²) in [6, 6.07) is 21.5. The van der Waals surface area contributed by atoms with Gasteiger partial charge in [0.1, 0.15) is 17.9 Å². The first-order valence-electron chi connectivity index (χ1n) is 12.1. The molecule has 0 spiro atoms. The van der Waals surface area contributed by atoms with E-state index in [1.807, 2.05) is 43.3 Å². The highest BCUT2D eigenvalue weighted by Gasteiger charge is 2.37. The molecule has 0 radical (unpaired) electrons. The molecule has 1 aliphatic heterocycles. The Balaban J connectivity index is 1.56. The van der Waals surface area contributed by atoms with Crippen LogP contribution in [-0.4, -0.2) is 22.8 Å². The number of ether oxygens (including phenoxy) is 1. The van der Waals surface area contributed by atoms with E-state index in [2.05, 4.69) is 5.32 Å². The van der Waals surface area contributed by atoms with Gasteiger partial charge in [-0.1, -0.05) is 42.5 Å². The molecule has 39 heavy (non-hydrogen) atoms. The molecule has 4 aromatic rings. The first-order valence-corrected chi connectivity index (χ1v) is 12.1. The Bertz CT molecular complexity index is 1690. The summed E-state index contributed by atoms with van der Waals surface area (Å²) in [6.07, 6.45) is 1.44. The molecule has 1 aliphatic rings. The molecule has 9 nitrogen and oxygen atoms in total. The molecule has 0 unspecified atom stereocenters. The standard InChI is InChI=1S/C30H23N3O6/c1-18-6-5-9-26(19(18)2)32-29(35)25(28(34)31-30(32)36)16-24-23-8-4-3-7-21(23)12-15-27(24)39-17-20-10-13-22(14-11-20)33(37)38/h3-16H,17H2,1-2H3,(H,31,34,36)/b25-16+. The first-order chi connectivity index (χ1) is 18.7. The number of hydrogen-bond donors (Lipinski definition) is 1. The minimum Gasteiger partial charge on any atom is -0.488 e. The first kappa shape index (κ1) is 25.3. The summed E-state index contributed by atoms with van der Waals surface area (Å²) < 4.78 is 6.07. The number of hydrogen-bond acceptors (Lipinski definition) is 6. The van der Waals surface area contributed by atoms with Gasteiger partial charge in [0, 0.05) is 17.7 Å². The highest BCUT2D eigenvalue weighted by Crippen LogP contribution is 2.33. The van der Waals surface area contributed by atoms with Crippen molar-refractivity contribution in [3.63, 3.8) is 0 Å². The number of anilines is 1. The fourth-order valence-electron chi connectivity index (χ4n) is 4.42. The van der Waals surface area contributed by atoms with Crippen LogP contribution < -0.4 is 15.0 Å². The molecule has 0 saturated carbocycles. The van der Waals surface area contributed by atoms with Crippen LogP contribution in [-0.2, 0) is 16.2 Å². The van der Waals surface area contributed by atoms with Crippen LogP contribution in [0.2, 0.25) is 0 Å². The van der Waals surface area contributed by atoms with E-state index >= 15 is 0 Å². The zero-order valence-corrected chi connectivity index (χ0v) is 21.1. The third-order valence-corrected chi connectivity index (χ3v) is 6.68. The molecule has 1 fully saturated rings. The summed E-state index contributed by atoms with van der Waals surface area (Å²) in [7, 11) is 0. The topological polar surface area (TPSA) is 119 Å². The predicted molar refractivity (Wildman–Crippen MR) is 146 cm³/mol. The summed E-state index contributed by atoms with van der Waals surface area (Å²) in [4.78, 5) is 50.7. The number of fused-ring (bicyclic) bond motifs is 1. The van der Waals surface area contributed by atoms with Crippen molar-refractivity contribution < 1.29 is 24.0 Å². The van der Waals surface area contributed by atoms with Gasteiger partial charge in [0.25, 0.3) is 17.5 Å². The zero-order chi connectivity index (χ0) is 27.7. The lowest BCUT2D eigenvalue weighted by atomic mass is 9.99. The van der Waals surface area contributed by atoms with E-state index in [1.54, 1.807) is 37.3 Å². The van der Waals surface area contributed by atoms with E-state index in [0.717, 1.165) is 26.8 Å². The van der Waals surface area contributed by atoms with Gasteiger partial charge in [0.15, 0.2) is 0 Å². The number of urea groups is 1. The van der Waals surface area contributed by atoms with Crippen LogP contribution in [0.25, 0.3) is 16.8 Å². The second kappa shape index (κ2) is 10.2. The van der Waals surface area contributed by atoms with Gasteiger partial charge in [-0.15, -0.1) is 0 Å². The van der Waals surface area contributed by atoms with Crippen LogP contribution in [0, 0.1) is 24.0 Å². The van der Waals surface area contributed by atoms with Crippen molar-refractivity contribution in [3.8, 4) is 5.75 Å². The Hall–Kier alpha value is -5.31. The van der Waals surface area contributed by atoms with Crippen LogP contribution in [0.5, 0.6) is 5.75 Å². The second-order valence-corrected chi connectivity index (χ2v) is 9.09. The lowest BCUT2D eigenvalue weighted by molar-refractivity contribution is -0.384. The molecule has 0 aliphatic carbocycles. The minimum absolute atomic E-state index is 0.0281. The minimum atomic E-state index is -0.816. The van der Waals surface area contributed by atoms with Gasteiger partial charge >= 0.3 is 6.03 Å². The fourth-order valence-corrected chi connectivity index (χ4v) is 4.42. The van der Waals surface area contributed by atoms with Crippen LogP contribution in [0.4, 0.5) is 16.2 Å². The molecule has 4 aromatic carbocycles. The second-order valence-electron chi connectivity index (χ2n) is 9.09. The van der Waals surface area contributed by atoms with E-state index in [0.29, 0.717) is 22.6 Å². The third kappa shape index (κ3) is 4.85. The number of non-ortho nitro benzene ring substituents is 1. The number of nitrogens with one attached hydrogen (secondary N) is 1. The van der Waals surface area contributed by atoms with Gasteiger partial charge in [0.2, 0.25) is 0 Å². The Kier molecular flexibility index (Phi) is 6.64. The highest BCUT2D eigenvalue weighted by molar-refractivity contribution is 6.39. The quantitative estimate of drug-likeness (QED) is 0.152. The summed E-state index contributed by atoms with van der Waals surface area (Å²) in [5.74, 6) is -1.15. The van der Waals surface area contributed by atoms with Gasteiger partial charge in [-0.25, -0.2) is 9.69 Å². The summed E-state index contributed by atoms with van der Waals surface area (Å²) >= 11 is 0. The van der Waals surface area contributed by atoms with Crippen molar-refractivity contribution >= 4 is 46.1 Å². The van der Waals surface area contributed by atoms with Gasteiger partial charge < -0.3 is 4.74 Å². The van der Waals surface area contributed by atoms with Crippen LogP contribution >= 0.6 is 0 Å². The van der Waals surface area contributed by atoms with Crippen molar-refractivity contribution in [3.05, 3.63) is 117 Å². The van der Waals surface area contributed by atoms with Gasteiger partial charge in [-0.2, -0.15) is 0 Å². The van der Waals surface area contributed by atoms with E-state index < -0.39 is 22.8 Å². The molecular weight excluding hydrogens is 498 g/mol. The Morgan fingerprint density at radius 2 is 1.67 bits per heavy atom. The van der Waals surface area contributed by atoms with Crippen LogP contribution in [0.15, 0.2) is 84.4 Å². The number of benzene rings is 4. The maximum absolute atomic E-state index is 13.6. The number of nitrogens with zero attached hydrogens (tertiary/aromatic N) is 2. The maximum atomic E-state index is 13.6. The number of amides is 4. The van der Waals surface area contributed by atoms with Crippen LogP contribution in [0.3, 0.4) is 0 Å². The number of barbiturate groups is 1. The van der Waals surface area contributed by atoms with E-state index in [4.69, 9.17) is 4.74 Å². The van der Waals surface area contributed by atoms with Gasteiger partial charge in [-0.3, -0.25) is 25.0 Å². The van der Waals surface area contributed by atoms with Crippen molar-refractivity contribution in [1.82, 2.24) is 5.32 Å². The number of nitro groups is 1. The van der Waals surface area contributed by atoms with Gasteiger partial charge in [0.05, 0.1) is 10.6 Å². The average Bonchev–Trinajstić information content (AvgIpc) is 2.92. The molecule has 1 saturated heterocycles. The fraction of sp³-hybridized carbons (Fsp3) is 0.100. The monoisotopic (exact) mass is 521 g/mol. The normalized spacial score (nSPS) is 14.6. The number of carbonyl (C=O) groups is 3. The van der Waals surface area contributed by atoms with Gasteiger partial charge in [-0.05, 0) is 71.7 Å². The number of imide groups is 2. The zero-order valence-electron chi connectivity index (χ0n) is 21.1.